The minimum atomic E-state index is -0.769. The van der Waals surface area contributed by atoms with Crippen LogP contribution in [0.2, 0.25) is 0 Å². The van der Waals surface area contributed by atoms with E-state index in [-0.39, 0.29) is 0 Å². The van der Waals surface area contributed by atoms with E-state index in [0.717, 1.165) is 13.0 Å². The summed E-state index contributed by atoms with van der Waals surface area (Å²) in [5.74, 6) is -0.769. The fourth-order valence-corrected chi connectivity index (χ4v) is 1.84. The molecular formula is C10H19NO3. The molecule has 1 saturated heterocycles. The molecule has 0 aromatic carbocycles. The molecule has 0 spiro atoms. The van der Waals surface area contributed by atoms with E-state index in [1.165, 1.54) is 0 Å². The lowest BCUT2D eigenvalue weighted by Crippen LogP contribution is -2.45. The summed E-state index contributed by atoms with van der Waals surface area (Å²) < 4.78 is 0. The molecule has 0 radical (unpaired) electrons. The van der Waals surface area contributed by atoms with E-state index in [1.807, 2.05) is 11.8 Å². The zero-order valence-corrected chi connectivity index (χ0v) is 8.86. The number of nitrogens with zero attached hydrogens (tertiary/aromatic N) is 1. The van der Waals surface area contributed by atoms with Gasteiger partial charge in [0.05, 0.1) is 5.60 Å². The quantitative estimate of drug-likeness (QED) is 0.702. The second kappa shape index (κ2) is 4.28. The SMILES string of the molecule is CCC(C)(O)CN1CCCC1C(=O)O. The van der Waals surface area contributed by atoms with Crippen molar-refractivity contribution in [3.63, 3.8) is 0 Å². The molecule has 1 aliphatic rings. The van der Waals surface area contributed by atoms with Crippen molar-refractivity contribution in [1.82, 2.24) is 4.90 Å². The number of hydrogen-bond acceptors (Lipinski definition) is 3. The maximum atomic E-state index is 10.9. The molecule has 1 aliphatic heterocycles. The summed E-state index contributed by atoms with van der Waals surface area (Å²) in [6, 6.07) is -0.395. The van der Waals surface area contributed by atoms with E-state index in [4.69, 9.17) is 5.11 Å². The van der Waals surface area contributed by atoms with Crippen molar-refractivity contribution in [1.29, 1.82) is 0 Å². The van der Waals surface area contributed by atoms with Gasteiger partial charge in [0, 0.05) is 6.54 Å². The Bertz CT molecular complexity index is 215. The van der Waals surface area contributed by atoms with Crippen LogP contribution in [0.25, 0.3) is 0 Å². The first-order valence-electron chi connectivity index (χ1n) is 5.15. The van der Waals surface area contributed by atoms with Gasteiger partial charge in [-0.25, -0.2) is 0 Å². The van der Waals surface area contributed by atoms with Crippen LogP contribution in [0.1, 0.15) is 33.1 Å². The van der Waals surface area contributed by atoms with Crippen LogP contribution < -0.4 is 0 Å². The molecule has 0 amide bonds. The Labute approximate surface area is 84.5 Å². The summed E-state index contributed by atoms with van der Waals surface area (Å²) in [7, 11) is 0. The Kier molecular flexibility index (Phi) is 3.50. The molecule has 0 saturated carbocycles. The highest BCUT2D eigenvalue weighted by Gasteiger charge is 2.34. The molecule has 82 valence electrons. The first kappa shape index (κ1) is 11.5. The number of hydrogen-bond donors (Lipinski definition) is 2. The molecule has 0 aliphatic carbocycles. The Hall–Kier alpha value is -0.610. The first-order valence-corrected chi connectivity index (χ1v) is 5.15. The van der Waals surface area contributed by atoms with Crippen LogP contribution in [0.3, 0.4) is 0 Å². The number of aliphatic carboxylic acids is 1. The number of carboxylic acid groups (broad SMARTS) is 1. The third-order valence-electron chi connectivity index (χ3n) is 2.95. The lowest BCUT2D eigenvalue weighted by Gasteiger charge is -2.30. The van der Waals surface area contributed by atoms with Gasteiger partial charge >= 0.3 is 5.97 Å². The summed E-state index contributed by atoms with van der Waals surface area (Å²) in [5.41, 5.74) is -0.766. The van der Waals surface area contributed by atoms with E-state index in [1.54, 1.807) is 6.92 Å². The molecule has 2 unspecified atom stereocenters. The summed E-state index contributed by atoms with van der Waals surface area (Å²) in [4.78, 5) is 12.7. The van der Waals surface area contributed by atoms with Crippen LogP contribution >= 0.6 is 0 Å². The number of likely N-dealkylation sites (tertiary alicyclic amines) is 1. The molecule has 2 N–H and O–H groups in total. The molecule has 1 rings (SSSR count). The van der Waals surface area contributed by atoms with E-state index < -0.39 is 17.6 Å². The van der Waals surface area contributed by atoms with Gasteiger partial charge in [-0.05, 0) is 32.7 Å². The fraction of sp³-hybridized carbons (Fsp3) is 0.900. The van der Waals surface area contributed by atoms with Gasteiger partial charge in [-0.1, -0.05) is 6.92 Å². The van der Waals surface area contributed by atoms with Crippen molar-refractivity contribution in [2.75, 3.05) is 13.1 Å². The predicted molar refractivity (Wildman–Crippen MR) is 53.1 cm³/mol. The number of carbonyl (C=O) groups is 1. The van der Waals surface area contributed by atoms with Crippen LogP contribution in [0.5, 0.6) is 0 Å². The minimum absolute atomic E-state index is 0.395. The van der Waals surface area contributed by atoms with Gasteiger partial charge < -0.3 is 10.2 Å². The molecule has 0 aromatic rings. The van der Waals surface area contributed by atoms with Gasteiger partial charge in [-0.15, -0.1) is 0 Å². The Balaban J connectivity index is 2.55. The molecule has 1 fully saturated rings. The van der Waals surface area contributed by atoms with Crippen molar-refractivity contribution in [3.8, 4) is 0 Å². The Morgan fingerprint density at radius 3 is 2.79 bits per heavy atom. The van der Waals surface area contributed by atoms with Crippen LogP contribution in [0.4, 0.5) is 0 Å². The van der Waals surface area contributed by atoms with Crippen LogP contribution in [0.15, 0.2) is 0 Å². The van der Waals surface area contributed by atoms with E-state index in [0.29, 0.717) is 19.4 Å². The van der Waals surface area contributed by atoms with Crippen molar-refractivity contribution >= 4 is 5.97 Å². The molecular weight excluding hydrogens is 182 g/mol. The predicted octanol–water partition coefficient (Wildman–Crippen LogP) is 0.696. The Morgan fingerprint density at radius 1 is 1.64 bits per heavy atom. The zero-order valence-electron chi connectivity index (χ0n) is 8.86. The number of rotatable bonds is 4. The average molecular weight is 201 g/mol. The molecule has 1 heterocycles. The largest absolute Gasteiger partial charge is 0.480 e. The molecule has 2 atom stereocenters. The van der Waals surface area contributed by atoms with Crippen molar-refractivity contribution in [2.45, 2.75) is 44.8 Å². The summed E-state index contributed by atoms with van der Waals surface area (Å²) in [6.45, 7) is 4.91. The van der Waals surface area contributed by atoms with Crippen molar-refractivity contribution in [2.24, 2.45) is 0 Å². The van der Waals surface area contributed by atoms with Gasteiger partial charge in [0.1, 0.15) is 6.04 Å². The van der Waals surface area contributed by atoms with Gasteiger partial charge in [0.25, 0.3) is 0 Å². The minimum Gasteiger partial charge on any atom is -0.480 e. The van der Waals surface area contributed by atoms with Crippen LogP contribution in [-0.4, -0.2) is 45.8 Å². The molecule has 14 heavy (non-hydrogen) atoms. The second-order valence-corrected chi connectivity index (χ2v) is 4.32. The summed E-state index contributed by atoms with van der Waals surface area (Å²) >= 11 is 0. The number of β-amino-alcohol motifs (C(OH)–C–C–N with tert-alkyl or cyclic N) is 1. The van der Waals surface area contributed by atoms with E-state index in [2.05, 4.69) is 0 Å². The average Bonchev–Trinajstić information content (AvgIpc) is 2.51. The lowest BCUT2D eigenvalue weighted by molar-refractivity contribution is -0.143. The third-order valence-corrected chi connectivity index (χ3v) is 2.95. The summed E-state index contributed by atoms with van der Waals surface area (Å²) in [6.07, 6.45) is 2.27. The number of carboxylic acids is 1. The van der Waals surface area contributed by atoms with Crippen LogP contribution in [-0.2, 0) is 4.79 Å². The topological polar surface area (TPSA) is 60.8 Å². The van der Waals surface area contributed by atoms with Crippen LogP contribution in [0, 0.1) is 0 Å². The second-order valence-electron chi connectivity index (χ2n) is 4.32. The standard InChI is InChI=1S/C10H19NO3/c1-3-10(2,14)7-11-6-4-5-8(11)9(12)13/h8,14H,3-7H2,1-2H3,(H,12,13). The smallest absolute Gasteiger partial charge is 0.320 e. The first-order chi connectivity index (χ1) is 6.46. The normalized spacial score (nSPS) is 27.5. The van der Waals surface area contributed by atoms with Gasteiger partial charge in [0.15, 0.2) is 0 Å². The van der Waals surface area contributed by atoms with E-state index in [9.17, 15) is 9.90 Å². The zero-order chi connectivity index (χ0) is 10.8. The van der Waals surface area contributed by atoms with Crippen molar-refractivity contribution < 1.29 is 15.0 Å². The lowest BCUT2D eigenvalue weighted by atomic mass is 10.0. The monoisotopic (exact) mass is 201 g/mol. The highest BCUT2D eigenvalue weighted by Crippen LogP contribution is 2.21. The maximum Gasteiger partial charge on any atom is 0.320 e. The van der Waals surface area contributed by atoms with Gasteiger partial charge in [-0.2, -0.15) is 0 Å². The van der Waals surface area contributed by atoms with E-state index >= 15 is 0 Å². The van der Waals surface area contributed by atoms with Crippen molar-refractivity contribution in [3.05, 3.63) is 0 Å². The molecule has 4 nitrogen and oxygen atoms in total. The summed E-state index contributed by atoms with van der Waals surface area (Å²) in [5, 5.41) is 18.8. The molecule has 0 bridgehead atoms. The van der Waals surface area contributed by atoms with Gasteiger partial charge in [-0.3, -0.25) is 9.69 Å². The highest BCUT2D eigenvalue weighted by atomic mass is 16.4. The van der Waals surface area contributed by atoms with Gasteiger partial charge in [0.2, 0.25) is 0 Å². The number of aliphatic hydroxyl groups is 1. The maximum absolute atomic E-state index is 10.9. The molecule has 4 heteroatoms. The third kappa shape index (κ3) is 2.69. The molecule has 0 aromatic heterocycles. The fourth-order valence-electron chi connectivity index (χ4n) is 1.84. The highest BCUT2D eigenvalue weighted by molar-refractivity contribution is 5.73. The Morgan fingerprint density at radius 2 is 2.29 bits per heavy atom.